The Morgan fingerprint density at radius 1 is 1.04 bits per heavy atom. The molecule has 0 aliphatic carbocycles. The maximum Gasteiger partial charge on any atom is 0.285 e. The zero-order chi connectivity index (χ0) is 18.1. The Labute approximate surface area is 142 Å². The number of hydrogen-bond acceptors (Lipinski definition) is 5. The number of rotatable bonds is 3. The summed E-state index contributed by atoms with van der Waals surface area (Å²) in [4.78, 5) is 12.2. The molecule has 2 rings (SSSR count). The maximum absolute atomic E-state index is 12.6. The van der Waals surface area contributed by atoms with Crippen LogP contribution in [0, 0.1) is 13.8 Å². The molecule has 7 heteroatoms. The van der Waals surface area contributed by atoms with Gasteiger partial charge in [-0.1, -0.05) is 32.9 Å². The van der Waals surface area contributed by atoms with Gasteiger partial charge in [0, 0.05) is 0 Å². The molecular formula is C17H21N3O3S. The first kappa shape index (κ1) is 18.1. The van der Waals surface area contributed by atoms with Gasteiger partial charge in [-0.3, -0.25) is 4.79 Å². The van der Waals surface area contributed by atoms with Crippen LogP contribution in [0.25, 0.3) is 0 Å². The lowest BCUT2D eigenvalue weighted by Crippen LogP contribution is -2.32. The maximum atomic E-state index is 12.6. The highest BCUT2D eigenvalue weighted by atomic mass is 32.2. The van der Waals surface area contributed by atoms with Gasteiger partial charge in [-0.2, -0.15) is 5.10 Å². The van der Waals surface area contributed by atoms with Crippen molar-refractivity contribution in [2.75, 3.05) is 0 Å². The van der Waals surface area contributed by atoms with E-state index >= 15 is 0 Å². The van der Waals surface area contributed by atoms with Crippen LogP contribution in [0.1, 0.15) is 48.1 Å². The Morgan fingerprint density at radius 2 is 1.71 bits per heavy atom. The molecule has 0 bridgehead atoms. The van der Waals surface area contributed by atoms with Crippen molar-refractivity contribution in [2.24, 2.45) is 0 Å². The van der Waals surface area contributed by atoms with Crippen molar-refractivity contribution < 1.29 is 13.2 Å². The molecule has 1 amide bonds. The van der Waals surface area contributed by atoms with Gasteiger partial charge in [0.05, 0.1) is 10.6 Å². The van der Waals surface area contributed by atoms with Crippen LogP contribution in [0.3, 0.4) is 0 Å². The average molecular weight is 347 g/mol. The predicted molar refractivity (Wildman–Crippen MR) is 91.3 cm³/mol. The molecule has 0 aliphatic heterocycles. The molecular weight excluding hydrogens is 326 g/mol. The molecule has 0 saturated heterocycles. The summed E-state index contributed by atoms with van der Waals surface area (Å²) in [6.07, 6.45) is 0. The van der Waals surface area contributed by atoms with Crippen molar-refractivity contribution in [3.63, 3.8) is 0 Å². The molecule has 2 aromatic rings. The number of hydrogen-bond donors (Lipinski definition) is 1. The third-order valence-corrected chi connectivity index (χ3v) is 5.07. The van der Waals surface area contributed by atoms with E-state index in [4.69, 9.17) is 0 Å². The van der Waals surface area contributed by atoms with Crippen LogP contribution in [-0.2, 0) is 15.4 Å². The number of benzene rings is 1. The summed E-state index contributed by atoms with van der Waals surface area (Å²) in [5.74, 6) is -0.803. The normalized spacial score (nSPS) is 12.0. The Bertz CT molecular complexity index is 867. The minimum absolute atomic E-state index is 0.0474. The minimum Gasteiger partial charge on any atom is -0.266 e. The van der Waals surface area contributed by atoms with Gasteiger partial charge in [-0.15, -0.1) is 5.10 Å². The van der Waals surface area contributed by atoms with E-state index in [1.807, 2.05) is 26.8 Å². The van der Waals surface area contributed by atoms with Crippen LogP contribution >= 0.6 is 0 Å². The number of sulfonamides is 1. The van der Waals surface area contributed by atoms with Crippen LogP contribution in [0.4, 0.5) is 0 Å². The standard InChI is InChI=1S/C17H21N3O3S/c1-11-6-8-13(17(3,4)5)10-15(11)24(22,23)20-16(21)14-9-7-12(2)18-19-14/h6-10H,1-5H3,(H,20,21). The molecule has 0 atom stereocenters. The molecule has 1 heterocycles. The first-order chi connectivity index (χ1) is 11.0. The molecule has 0 saturated carbocycles. The van der Waals surface area contributed by atoms with E-state index in [1.54, 1.807) is 32.0 Å². The van der Waals surface area contributed by atoms with E-state index in [0.717, 1.165) is 5.56 Å². The molecule has 0 fully saturated rings. The second-order valence-electron chi connectivity index (χ2n) is 6.72. The highest BCUT2D eigenvalue weighted by Gasteiger charge is 2.24. The zero-order valence-corrected chi connectivity index (χ0v) is 15.2. The lowest BCUT2D eigenvalue weighted by Gasteiger charge is -2.20. The van der Waals surface area contributed by atoms with E-state index in [2.05, 4.69) is 14.9 Å². The number of amides is 1. The van der Waals surface area contributed by atoms with Gasteiger partial charge in [0.2, 0.25) is 0 Å². The molecule has 1 aromatic heterocycles. The fourth-order valence-electron chi connectivity index (χ4n) is 2.11. The van der Waals surface area contributed by atoms with Crippen LogP contribution in [0.2, 0.25) is 0 Å². The molecule has 0 radical (unpaired) electrons. The lowest BCUT2D eigenvalue weighted by molar-refractivity contribution is 0.0975. The number of aryl methyl sites for hydroxylation is 2. The van der Waals surface area contributed by atoms with Gasteiger partial charge < -0.3 is 0 Å². The van der Waals surface area contributed by atoms with Crippen molar-refractivity contribution in [3.8, 4) is 0 Å². The number of nitrogens with zero attached hydrogens (tertiary/aromatic N) is 2. The summed E-state index contributed by atoms with van der Waals surface area (Å²) in [6, 6.07) is 8.27. The highest BCUT2D eigenvalue weighted by molar-refractivity contribution is 7.90. The number of carbonyl (C=O) groups excluding carboxylic acids is 1. The molecule has 128 valence electrons. The van der Waals surface area contributed by atoms with Crippen molar-refractivity contribution in [2.45, 2.75) is 44.9 Å². The molecule has 6 nitrogen and oxygen atoms in total. The van der Waals surface area contributed by atoms with Crippen LogP contribution in [-0.4, -0.2) is 24.5 Å². The third-order valence-electron chi connectivity index (χ3n) is 3.60. The lowest BCUT2D eigenvalue weighted by atomic mass is 9.87. The van der Waals surface area contributed by atoms with E-state index < -0.39 is 15.9 Å². The number of aromatic nitrogens is 2. The Morgan fingerprint density at radius 3 is 2.25 bits per heavy atom. The summed E-state index contributed by atoms with van der Waals surface area (Å²) in [5, 5.41) is 7.47. The van der Waals surface area contributed by atoms with Gasteiger partial charge in [-0.25, -0.2) is 13.1 Å². The quantitative estimate of drug-likeness (QED) is 0.921. The number of nitrogens with one attached hydrogen (secondary N) is 1. The second-order valence-corrected chi connectivity index (χ2v) is 8.38. The fraction of sp³-hybridized carbons (Fsp3) is 0.353. The fourth-order valence-corrected chi connectivity index (χ4v) is 3.34. The highest BCUT2D eigenvalue weighted by Crippen LogP contribution is 2.26. The van der Waals surface area contributed by atoms with Gasteiger partial charge in [0.25, 0.3) is 15.9 Å². The van der Waals surface area contributed by atoms with Crippen LogP contribution in [0.5, 0.6) is 0 Å². The first-order valence-electron chi connectivity index (χ1n) is 7.49. The summed E-state index contributed by atoms with van der Waals surface area (Å²) in [7, 11) is -4.00. The summed E-state index contributed by atoms with van der Waals surface area (Å²) in [5.41, 5.74) is 1.83. The Kier molecular flexibility index (Phi) is 4.75. The molecule has 24 heavy (non-hydrogen) atoms. The van der Waals surface area contributed by atoms with Gasteiger partial charge in [-0.05, 0) is 48.6 Å². The minimum atomic E-state index is -4.00. The van der Waals surface area contributed by atoms with Crippen molar-refractivity contribution in [1.29, 1.82) is 0 Å². The first-order valence-corrected chi connectivity index (χ1v) is 8.97. The average Bonchev–Trinajstić information content (AvgIpc) is 2.46. The van der Waals surface area contributed by atoms with Gasteiger partial charge in [0.1, 0.15) is 0 Å². The smallest absolute Gasteiger partial charge is 0.266 e. The largest absolute Gasteiger partial charge is 0.285 e. The van der Waals surface area contributed by atoms with Gasteiger partial charge in [0.15, 0.2) is 5.69 Å². The van der Waals surface area contributed by atoms with E-state index in [9.17, 15) is 13.2 Å². The SMILES string of the molecule is Cc1ccc(C(=O)NS(=O)(=O)c2cc(C(C)(C)C)ccc2C)nn1. The summed E-state index contributed by atoms with van der Waals surface area (Å²) < 4.78 is 27.3. The van der Waals surface area contributed by atoms with Crippen LogP contribution < -0.4 is 4.72 Å². The van der Waals surface area contributed by atoms with Gasteiger partial charge >= 0.3 is 0 Å². The molecule has 0 aliphatic rings. The van der Waals surface area contributed by atoms with E-state index in [1.165, 1.54) is 6.07 Å². The Hall–Kier alpha value is -2.28. The monoisotopic (exact) mass is 347 g/mol. The second kappa shape index (κ2) is 6.32. The summed E-state index contributed by atoms with van der Waals surface area (Å²) in [6.45, 7) is 9.40. The molecule has 1 N–H and O–H groups in total. The Balaban J connectivity index is 2.37. The third kappa shape index (κ3) is 3.97. The predicted octanol–water partition coefficient (Wildman–Crippen LogP) is 2.51. The zero-order valence-electron chi connectivity index (χ0n) is 14.4. The van der Waals surface area contributed by atoms with Crippen molar-refractivity contribution >= 4 is 15.9 Å². The van der Waals surface area contributed by atoms with Crippen molar-refractivity contribution in [3.05, 3.63) is 52.8 Å². The van der Waals surface area contributed by atoms with Crippen LogP contribution in [0.15, 0.2) is 35.2 Å². The van der Waals surface area contributed by atoms with Crippen molar-refractivity contribution in [1.82, 2.24) is 14.9 Å². The molecule has 0 spiro atoms. The number of carbonyl (C=O) groups is 1. The van der Waals surface area contributed by atoms with E-state index in [-0.39, 0.29) is 16.0 Å². The summed E-state index contributed by atoms with van der Waals surface area (Å²) >= 11 is 0. The van der Waals surface area contributed by atoms with E-state index in [0.29, 0.717) is 11.3 Å². The molecule has 0 unspecified atom stereocenters. The topological polar surface area (TPSA) is 89.0 Å². The molecule has 1 aromatic carbocycles.